The third-order valence-corrected chi connectivity index (χ3v) is 3.20. The van der Waals surface area contributed by atoms with Crippen LogP contribution < -0.4 is 5.73 Å². The predicted octanol–water partition coefficient (Wildman–Crippen LogP) is 3.34. The first kappa shape index (κ1) is 11.7. The normalized spacial score (nSPS) is 11.1. The number of rotatable bonds is 2. The molecule has 0 amide bonds. The average molecular weight is 253 g/mol. The van der Waals surface area contributed by atoms with Crippen LogP contribution in [-0.4, -0.2) is 9.97 Å². The van der Waals surface area contributed by atoms with Gasteiger partial charge in [-0.25, -0.2) is 9.97 Å². The van der Waals surface area contributed by atoms with Gasteiger partial charge >= 0.3 is 0 Å². The summed E-state index contributed by atoms with van der Waals surface area (Å²) in [6.45, 7) is 3.92. The minimum absolute atomic E-state index is 0.516. The van der Waals surface area contributed by atoms with E-state index in [9.17, 15) is 0 Å². The third-order valence-electron chi connectivity index (χ3n) is 3.20. The molecule has 0 aliphatic rings. The van der Waals surface area contributed by atoms with Gasteiger partial charge in [0.1, 0.15) is 22.9 Å². The zero-order valence-electron chi connectivity index (χ0n) is 11.0. The molecule has 4 heteroatoms. The summed E-state index contributed by atoms with van der Waals surface area (Å²) in [5.41, 5.74) is 8.43. The van der Waals surface area contributed by atoms with E-state index in [0.29, 0.717) is 5.82 Å². The molecule has 2 heterocycles. The molecule has 19 heavy (non-hydrogen) atoms. The summed E-state index contributed by atoms with van der Waals surface area (Å²) < 4.78 is 5.84. The Morgan fingerprint density at radius 1 is 1.21 bits per heavy atom. The number of fused-ring (bicyclic) bond motifs is 1. The van der Waals surface area contributed by atoms with Gasteiger partial charge in [-0.05, 0) is 19.1 Å². The summed E-state index contributed by atoms with van der Waals surface area (Å²) in [5, 5.41) is 1.06. The van der Waals surface area contributed by atoms with Crippen molar-refractivity contribution in [1.29, 1.82) is 0 Å². The van der Waals surface area contributed by atoms with E-state index >= 15 is 0 Å². The molecule has 2 aromatic heterocycles. The van der Waals surface area contributed by atoms with Crippen LogP contribution in [0, 0.1) is 6.92 Å². The van der Waals surface area contributed by atoms with E-state index in [1.807, 2.05) is 44.2 Å². The fourth-order valence-electron chi connectivity index (χ4n) is 2.08. The minimum Gasteiger partial charge on any atom is -0.454 e. The number of aromatic nitrogens is 2. The van der Waals surface area contributed by atoms with E-state index in [1.54, 1.807) is 0 Å². The maximum atomic E-state index is 5.94. The van der Waals surface area contributed by atoms with Crippen LogP contribution in [0.4, 0.5) is 5.82 Å². The lowest BCUT2D eigenvalue weighted by Crippen LogP contribution is -2.03. The van der Waals surface area contributed by atoms with Gasteiger partial charge in [0.25, 0.3) is 0 Å². The van der Waals surface area contributed by atoms with Gasteiger partial charge in [-0.3, -0.25) is 0 Å². The standard InChI is InChI=1S/C15H15N3O/c1-3-13-17-14(9(2)15(16)18-13)12-8-10-6-4-5-7-11(10)19-12/h4-8H,3H2,1-2H3,(H2,16,17,18). The molecule has 0 aliphatic heterocycles. The highest BCUT2D eigenvalue weighted by Crippen LogP contribution is 2.30. The van der Waals surface area contributed by atoms with Gasteiger partial charge in [0.15, 0.2) is 5.76 Å². The second kappa shape index (κ2) is 4.39. The molecule has 2 N–H and O–H groups in total. The van der Waals surface area contributed by atoms with Gasteiger partial charge in [-0.15, -0.1) is 0 Å². The Labute approximate surface area is 111 Å². The molecule has 0 unspecified atom stereocenters. The fourth-order valence-corrected chi connectivity index (χ4v) is 2.08. The molecule has 0 radical (unpaired) electrons. The number of hydrogen-bond acceptors (Lipinski definition) is 4. The summed E-state index contributed by atoms with van der Waals surface area (Å²) in [5.74, 6) is 1.99. The first-order valence-corrected chi connectivity index (χ1v) is 6.31. The number of aryl methyl sites for hydroxylation is 1. The molecule has 4 nitrogen and oxygen atoms in total. The van der Waals surface area contributed by atoms with Crippen molar-refractivity contribution in [3.8, 4) is 11.5 Å². The van der Waals surface area contributed by atoms with Crippen LogP contribution in [0.25, 0.3) is 22.4 Å². The summed E-state index contributed by atoms with van der Waals surface area (Å²) in [6.07, 6.45) is 0.748. The SMILES string of the molecule is CCc1nc(N)c(C)c(-c2cc3ccccc3o2)n1. The average Bonchev–Trinajstić information content (AvgIpc) is 2.85. The molecule has 0 spiro atoms. The topological polar surface area (TPSA) is 64.9 Å². The van der Waals surface area contributed by atoms with Gasteiger partial charge in [-0.2, -0.15) is 0 Å². The van der Waals surface area contributed by atoms with E-state index in [0.717, 1.165) is 40.2 Å². The summed E-state index contributed by atoms with van der Waals surface area (Å²) in [6, 6.07) is 9.89. The number of furan rings is 1. The molecular weight excluding hydrogens is 238 g/mol. The van der Waals surface area contributed by atoms with E-state index in [2.05, 4.69) is 9.97 Å². The second-order valence-corrected chi connectivity index (χ2v) is 4.50. The van der Waals surface area contributed by atoms with E-state index in [4.69, 9.17) is 10.2 Å². The van der Waals surface area contributed by atoms with Crippen LogP contribution in [-0.2, 0) is 6.42 Å². The van der Waals surface area contributed by atoms with Crippen molar-refractivity contribution in [3.05, 3.63) is 41.7 Å². The molecule has 0 fully saturated rings. The lowest BCUT2D eigenvalue weighted by atomic mass is 10.1. The highest BCUT2D eigenvalue weighted by Gasteiger charge is 2.14. The van der Waals surface area contributed by atoms with Gasteiger partial charge in [0.2, 0.25) is 0 Å². The molecule has 0 saturated heterocycles. The first-order valence-electron chi connectivity index (χ1n) is 6.31. The van der Waals surface area contributed by atoms with Gasteiger partial charge in [0, 0.05) is 17.4 Å². The molecule has 1 aromatic carbocycles. The number of nitrogens with zero attached hydrogens (tertiary/aromatic N) is 2. The van der Waals surface area contributed by atoms with Crippen LogP contribution in [0.3, 0.4) is 0 Å². The Hall–Kier alpha value is -2.36. The molecular formula is C15H15N3O. The molecule has 3 aromatic rings. The quantitative estimate of drug-likeness (QED) is 0.760. The van der Waals surface area contributed by atoms with Gasteiger partial charge in [0.05, 0.1) is 0 Å². The number of nitrogens with two attached hydrogens (primary N) is 1. The van der Waals surface area contributed by atoms with Crippen LogP contribution in [0.2, 0.25) is 0 Å². The first-order chi connectivity index (χ1) is 9.19. The zero-order valence-corrected chi connectivity index (χ0v) is 11.0. The van der Waals surface area contributed by atoms with Crippen molar-refractivity contribution >= 4 is 16.8 Å². The van der Waals surface area contributed by atoms with E-state index < -0.39 is 0 Å². The molecule has 0 atom stereocenters. The highest BCUT2D eigenvalue weighted by molar-refractivity contribution is 5.83. The number of benzene rings is 1. The van der Waals surface area contributed by atoms with Gasteiger partial charge < -0.3 is 10.2 Å². The Balaban J connectivity index is 2.23. The number of anilines is 1. The van der Waals surface area contributed by atoms with Crippen LogP contribution in [0.1, 0.15) is 18.3 Å². The summed E-state index contributed by atoms with van der Waals surface area (Å²) in [4.78, 5) is 8.79. The number of nitrogen functional groups attached to an aromatic ring is 1. The van der Waals surface area contributed by atoms with Crippen molar-refractivity contribution in [2.24, 2.45) is 0 Å². The Morgan fingerprint density at radius 2 is 2.00 bits per heavy atom. The Bertz CT molecular complexity index is 713. The Kier molecular flexibility index (Phi) is 2.71. The molecule has 96 valence electrons. The van der Waals surface area contributed by atoms with Crippen molar-refractivity contribution < 1.29 is 4.42 Å². The molecule has 0 bridgehead atoms. The van der Waals surface area contributed by atoms with E-state index in [1.165, 1.54) is 0 Å². The second-order valence-electron chi connectivity index (χ2n) is 4.50. The lowest BCUT2D eigenvalue weighted by molar-refractivity contribution is 0.627. The summed E-state index contributed by atoms with van der Waals surface area (Å²) in [7, 11) is 0. The highest BCUT2D eigenvalue weighted by atomic mass is 16.3. The largest absolute Gasteiger partial charge is 0.454 e. The van der Waals surface area contributed by atoms with Crippen molar-refractivity contribution in [2.75, 3.05) is 5.73 Å². The smallest absolute Gasteiger partial charge is 0.154 e. The predicted molar refractivity (Wildman–Crippen MR) is 75.8 cm³/mol. The zero-order chi connectivity index (χ0) is 13.4. The number of hydrogen-bond donors (Lipinski definition) is 1. The van der Waals surface area contributed by atoms with Gasteiger partial charge in [-0.1, -0.05) is 25.1 Å². The summed E-state index contributed by atoms with van der Waals surface area (Å²) >= 11 is 0. The van der Waals surface area contributed by atoms with Crippen molar-refractivity contribution in [2.45, 2.75) is 20.3 Å². The molecule has 3 rings (SSSR count). The van der Waals surface area contributed by atoms with Crippen molar-refractivity contribution in [3.63, 3.8) is 0 Å². The fraction of sp³-hybridized carbons (Fsp3) is 0.200. The maximum absolute atomic E-state index is 5.94. The lowest BCUT2D eigenvalue weighted by Gasteiger charge is -2.06. The molecule has 0 saturated carbocycles. The van der Waals surface area contributed by atoms with Crippen LogP contribution >= 0.6 is 0 Å². The monoisotopic (exact) mass is 253 g/mol. The minimum atomic E-state index is 0.516. The molecule has 0 aliphatic carbocycles. The van der Waals surface area contributed by atoms with Crippen LogP contribution in [0.5, 0.6) is 0 Å². The van der Waals surface area contributed by atoms with Crippen LogP contribution in [0.15, 0.2) is 34.7 Å². The third kappa shape index (κ3) is 1.95. The maximum Gasteiger partial charge on any atom is 0.154 e. The van der Waals surface area contributed by atoms with E-state index in [-0.39, 0.29) is 0 Å². The number of para-hydroxylation sites is 1. The van der Waals surface area contributed by atoms with Crippen molar-refractivity contribution in [1.82, 2.24) is 9.97 Å². The Morgan fingerprint density at radius 3 is 2.74 bits per heavy atom.